The van der Waals surface area contributed by atoms with Crippen LogP contribution < -0.4 is 4.74 Å². The molecule has 1 aliphatic rings. The molecule has 0 radical (unpaired) electrons. The molecule has 3 rings (SSSR count). The van der Waals surface area contributed by atoms with Gasteiger partial charge < -0.3 is 14.7 Å². The van der Waals surface area contributed by atoms with Crippen molar-refractivity contribution in [3.8, 4) is 5.75 Å². The molecule has 7 heteroatoms. The first-order valence-electron chi connectivity index (χ1n) is 8.06. The van der Waals surface area contributed by atoms with Gasteiger partial charge in [0.2, 0.25) is 5.91 Å². The molecule has 2 aromatic rings. The summed E-state index contributed by atoms with van der Waals surface area (Å²) in [5, 5.41) is 9.46. The van der Waals surface area contributed by atoms with E-state index in [0.717, 1.165) is 11.1 Å². The third-order valence-electron chi connectivity index (χ3n) is 4.35. The van der Waals surface area contributed by atoms with Gasteiger partial charge in [-0.05, 0) is 28.8 Å². The minimum absolute atomic E-state index is 0.0223. The Morgan fingerprint density at radius 2 is 1.85 bits per heavy atom. The first kappa shape index (κ1) is 17.8. The van der Waals surface area contributed by atoms with Crippen molar-refractivity contribution in [3.63, 3.8) is 0 Å². The van der Waals surface area contributed by atoms with Crippen LogP contribution in [0.2, 0.25) is 0 Å². The molecule has 1 heterocycles. The van der Waals surface area contributed by atoms with E-state index in [1.165, 1.54) is 17.0 Å². The van der Waals surface area contributed by atoms with Gasteiger partial charge in [0.05, 0.1) is 12.3 Å². The summed E-state index contributed by atoms with van der Waals surface area (Å²) < 4.78 is 28.6. The largest absolute Gasteiger partial charge is 0.481 e. The van der Waals surface area contributed by atoms with Crippen LogP contribution in [0.25, 0.3) is 0 Å². The van der Waals surface area contributed by atoms with E-state index in [0.29, 0.717) is 12.1 Å². The maximum Gasteiger partial charge on any atom is 0.387 e. The Morgan fingerprint density at radius 3 is 2.50 bits per heavy atom. The monoisotopic (exact) mass is 361 g/mol. The number of amides is 1. The van der Waals surface area contributed by atoms with Gasteiger partial charge in [-0.15, -0.1) is 0 Å². The Kier molecular flexibility index (Phi) is 5.16. The molecule has 1 atom stereocenters. The fourth-order valence-electron chi connectivity index (χ4n) is 3.08. The SMILES string of the molecule is O=C(O)C1CN(C(=O)Cc2ccc(OC(F)F)cc2)Cc2ccccc21. The van der Waals surface area contributed by atoms with E-state index in [9.17, 15) is 23.5 Å². The highest BCUT2D eigenvalue weighted by atomic mass is 19.3. The molecular weight excluding hydrogens is 344 g/mol. The number of carboxylic acids is 1. The van der Waals surface area contributed by atoms with Crippen LogP contribution in [0.3, 0.4) is 0 Å². The second-order valence-electron chi connectivity index (χ2n) is 6.06. The molecule has 136 valence electrons. The molecule has 1 aliphatic heterocycles. The molecule has 5 nitrogen and oxygen atoms in total. The number of benzene rings is 2. The standard InChI is InChI=1S/C19H17F2NO4/c20-19(21)26-14-7-5-12(6-8-14)9-17(23)22-10-13-3-1-2-4-15(13)16(11-22)18(24)25/h1-8,16,19H,9-11H2,(H,24,25). The average Bonchev–Trinajstić information content (AvgIpc) is 2.61. The van der Waals surface area contributed by atoms with Crippen molar-refractivity contribution in [2.45, 2.75) is 25.5 Å². The van der Waals surface area contributed by atoms with Crippen molar-refractivity contribution >= 4 is 11.9 Å². The summed E-state index contributed by atoms with van der Waals surface area (Å²) in [5.74, 6) is -1.92. The van der Waals surface area contributed by atoms with Crippen molar-refractivity contribution in [1.29, 1.82) is 0 Å². The zero-order valence-corrected chi connectivity index (χ0v) is 13.8. The molecule has 0 bridgehead atoms. The molecule has 2 aromatic carbocycles. The van der Waals surface area contributed by atoms with Gasteiger partial charge in [0.1, 0.15) is 5.75 Å². The van der Waals surface area contributed by atoms with Gasteiger partial charge >= 0.3 is 12.6 Å². The zero-order chi connectivity index (χ0) is 18.7. The third kappa shape index (κ3) is 3.99. The first-order valence-corrected chi connectivity index (χ1v) is 8.06. The maximum atomic E-state index is 12.6. The highest BCUT2D eigenvalue weighted by molar-refractivity contribution is 5.82. The summed E-state index contributed by atoms with van der Waals surface area (Å²) in [6.45, 7) is -2.44. The highest BCUT2D eigenvalue weighted by Gasteiger charge is 2.32. The number of fused-ring (bicyclic) bond motifs is 1. The van der Waals surface area contributed by atoms with Gasteiger partial charge in [-0.3, -0.25) is 9.59 Å². The Hall–Kier alpha value is -2.96. The van der Waals surface area contributed by atoms with Gasteiger partial charge in [-0.1, -0.05) is 36.4 Å². The molecule has 0 fully saturated rings. The number of nitrogens with zero attached hydrogens (tertiary/aromatic N) is 1. The molecule has 1 unspecified atom stereocenters. The molecule has 1 N–H and O–H groups in total. The lowest BCUT2D eigenvalue weighted by atomic mass is 9.89. The van der Waals surface area contributed by atoms with Crippen LogP contribution in [-0.4, -0.2) is 35.0 Å². The Labute approximate surface area is 148 Å². The fourth-order valence-corrected chi connectivity index (χ4v) is 3.08. The van der Waals surface area contributed by atoms with E-state index in [2.05, 4.69) is 4.74 Å². The van der Waals surface area contributed by atoms with Crippen LogP contribution in [-0.2, 0) is 22.6 Å². The third-order valence-corrected chi connectivity index (χ3v) is 4.35. The predicted octanol–water partition coefficient (Wildman–Crippen LogP) is 3.04. The topological polar surface area (TPSA) is 66.8 Å². The first-order chi connectivity index (χ1) is 12.4. The van der Waals surface area contributed by atoms with Crippen molar-refractivity contribution in [1.82, 2.24) is 4.90 Å². The predicted molar refractivity (Wildman–Crippen MR) is 89.0 cm³/mol. The quantitative estimate of drug-likeness (QED) is 0.889. The minimum Gasteiger partial charge on any atom is -0.481 e. The van der Waals surface area contributed by atoms with Gasteiger partial charge in [0.25, 0.3) is 0 Å². The number of rotatable bonds is 5. The lowest BCUT2D eigenvalue weighted by molar-refractivity contribution is -0.141. The number of hydrogen-bond donors (Lipinski definition) is 1. The Morgan fingerprint density at radius 1 is 1.15 bits per heavy atom. The van der Waals surface area contributed by atoms with Crippen LogP contribution >= 0.6 is 0 Å². The number of aliphatic carboxylic acids is 1. The van der Waals surface area contributed by atoms with Crippen molar-refractivity contribution in [2.75, 3.05) is 6.54 Å². The van der Waals surface area contributed by atoms with E-state index >= 15 is 0 Å². The number of halogens is 2. The highest BCUT2D eigenvalue weighted by Crippen LogP contribution is 2.29. The second kappa shape index (κ2) is 7.51. The van der Waals surface area contributed by atoms with Crippen LogP contribution in [0.15, 0.2) is 48.5 Å². The average molecular weight is 361 g/mol. The summed E-state index contributed by atoms with van der Waals surface area (Å²) in [5.41, 5.74) is 2.19. The lowest BCUT2D eigenvalue weighted by Gasteiger charge is -2.33. The fraction of sp³-hybridized carbons (Fsp3) is 0.263. The molecule has 0 spiro atoms. The summed E-state index contributed by atoms with van der Waals surface area (Å²) in [6, 6.07) is 13.0. The molecule has 0 saturated heterocycles. The maximum absolute atomic E-state index is 12.6. The van der Waals surface area contributed by atoms with Crippen LogP contribution in [0.5, 0.6) is 5.75 Å². The molecule has 26 heavy (non-hydrogen) atoms. The Balaban J connectivity index is 1.71. The second-order valence-corrected chi connectivity index (χ2v) is 6.06. The number of carbonyl (C=O) groups is 2. The zero-order valence-electron chi connectivity index (χ0n) is 13.8. The molecular formula is C19H17F2NO4. The molecule has 1 amide bonds. The van der Waals surface area contributed by atoms with Crippen molar-refractivity contribution in [2.24, 2.45) is 0 Å². The minimum atomic E-state index is -2.90. The Bertz CT molecular complexity index is 807. The summed E-state index contributed by atoms with van der Waals surface area (Å²) in [4.78, 5) is 25.7. The van der Waals surface area contributed by atoms with Crippen LogP contribution in [0, 0.1) is 0 Å². The van der Waals surface area contributed by atoms with Gasteiger partial charge in [0.15, 0.2) is 0 Å². The van der Waals surface area contributed by atoms with E-state index in [1.807, 2.05) is 12.1 Å². The van der Waals surface area contributed by atoms with E-state index in [4.69, 9.17) is 0 Å². The van der Waals surface area contributed by atoms with Crippen LogP contribution in [0.1, 0.15) is 22.6 Å². The van der Waals surface area contributed by atoms with E-state index in [1.54, 1.807) is 24.3 Å². The molecule has 0 saturated carbocycles. The summed E-state index contributed by atoms with van der Waals surface area (Å²) in [7, 11) is 0. The summed E-state index contributed by atoms with van der Waals surface area (Å²) >= 11 is 0. The number of alkyl halides is 2. The number of carbonyl (C=O) groups excluding carboxylic acids is 1. The van der Waals surface area contributed by atoms with Gasteiger partial charge in [-0.25, -0.2) is 0 Å². The van der Waals surface area contributed by atoms with E-state index < -0.39 is 18.5 Å². The number of ether oxygens (including phenoxy) is 1. The lowest BCUT2D eigenvalue weighted by Crippen LogP contribution is -2.41. The molecule has 0 aromatic heterocycles. The van der Waals surface area contributed by atoms with Crippen molar-refractivity contribution < 1.29 is 28.2 Å². The van der Waals surface area contributed by atoms with Crippen molar-refractivity contribution in [3.05, 3.63) is 65.2 Å². The van der Waals surface area contributed by atoms with Gasteiger partial charge in [-0.2, -0.15) is 8.78 Å². The van der Waals surface area contributed by atoms with E-state index in [-0.39, 0.29) is 24.6 Å². The van der Waals surface area contributed by atoms with Gasteiger partial charge in [0, 0.05) is 13.1 Å². The number of carboxylic acid groups (broad SMARTS) is 1. The number of hydrogen-bond acceptors (Lipinski definition) is 3. The normalized spacial score (nSPS) is 16.3. The molecule has 0 aliphatic carbocycles. The summed E-state index contributed by atoms with van der Waals surface area (Å²) in [6.07, 6.45) is 0.0590. The van der Waals surface area contributed by atoms with Crippen LogP contribution in [0.4, 0.5) is 8.78 Å². The smallest absolute Gasteiger partial charge is 0.387 e.